The van der Waals surface area contributed by atoms with Gasteiger partial charge in [-0.2, -0.15) is 0 Å². The zero-order valence-electron chi connectivity index (χ0n) is 9.95. The lowest BCUT2D eigenvalue weighted by Gasteiger charge is -2.12. The highest BCUT2D eigenvalue weighted by Gasteiger charge is 2.11. The van der Waals surface area contributed by atoms with Crippen molar-refractivity contribution in [2.45, 2.75) is 0 Å². The van der Waals surface area contributed by atoms with E-state index in [1.165, 1.54) is 13.4 Å². The number of halogens is 2. The van der Waals surface area contributed by atoms with Gasteiger partial charge in [0.15, 0.2) is 11.6 Å². The predicted octanol–water partition coefficient (Wildman–Crippen LogP) is 2.82. The molecule has 0 amide bonds. The normalized spacial score (nSPS) is 10.1. The maximum atomic E-state index is 5.94. The lowest BCUT2D eigenvalue weighted by molar-refractivity contribution is 0.415. The molecule has 6 nitrogen and oxygen atoms in total. The van der Waals surface area contributed by atoms with E-state index < -0.39 is 0 Å². The minimum atomic E-state index is 0.375. The maximum absolute atomic E-state index is 5.94. The van der Waals surface area contributed by atoms with Crippen molar-refractivity contribution in [2.24, 2.45) is 5.84 Å². The first-order valence-electron chi connectivity index (χ1n) is 5.23. The first-order valence-corrected chi connectivity index (χ1v) is 5.99. The van der Waals surface area contributed by atoms with Gasteiger partial charge in [0.25, 0.3) is 0 Å². The van der Waals surface area contributed by atoms with Crippen LogP contribution in [-0.4, -0.2) is 17.1 Å². The highest BCUT2D eigenvalue weighted by Crippen LogP contribution is 2.32. The highest BCUT2D eigenvalue weighted by molar-refractivity contribution is 6.42. The number of benzene rings is 1. The average Bonchev–Trinajstić information content (AvgIpc) is 2.42. The Hall–Kier alpha value is -1.76. The van der Waals surface area contributed by atoms with E-state index in [4.69, 9.17) is 33.8 Å². The van der Waals surface area contributed by atoms with Crippen LogP contribution in [0.1, 0.15) is 0 Å². The Morgan fingerprint density at radius 2 is 1.89 bits per heavy atom. The summed E-state index contributed by atoms with van der Waals surface area (Å²) < 4.78 is 5.20. The van der Waals surface area contributed by atoms with Gasteiger partial charge in [0.2, 0.25) is 5.75 Å². The van der Waals surface area contributed by atoms with Crippen LogP contribution in [0.5, 0.6) is 5.75 Å². The topological polar surface area (TPSA) is 85.1 Å². The average molecular weight is 300 g/mol. The van der Waals surface area contributed by atoms with E-state index in [1.54, 1.807) is 18.2 Å². The van der Waals surface area contributed by atoms with Crippen LogP contribution in [0, 0.1) is 0 Å². The lowest BCUT2D eigenvalue weighted by atomic mass is 10.3. The molecule has 0 fully saturated rings. The number of nitrogen functional groups attached to an aromatic ring is 1. The molecular weight excluding hydrogens is 289 g/mol. The molecule has 2 rings (SSSR count). The van der Waals surface area contributed by atoms with E-state index in [0.29, 0.717) is 27.4 Å². The molecule has 0 radical (unpaired) electrons. The van der Waals surface area contributed by atoms with Gasteiger partial charge in [-0.15, -0.1) is 0 Å². The third-order valence-corrected chi connectivity index (χ3v) is 3.07. The van der Waals surface area contributed by atoms with Crippen LogP contribution in [0.3, 0.4) is 0 Å². The fourth-order valence-electron chi connectivity index (χ4n) is 1.47. The summed E-state index contributed by atoms with van der Waals surface area (Å²) >= 11 is 11.8. The predicted molar refractivity (Wildman–Crippen MR) is 76.1 cm³/mol. The van der Waals surface area contributed by atoms with Gasteiger partial charge in [0.1, 0.15) is 6.33 Å². The van der Waals surface area contributed by atoms with Crippen molar-refractivity contribution < 1.29 is 4.74 Å². The van der Waals surface area contributed by atoms with E-state index >= 15 is 0 Å². The Balaban J connectivity index is 2.35. The van der Waals surface area contributed by atoms with Crippen LogP contribution in [-0.2, 0) is 0 Å². The summed E-state index contributed by atoms with van der Waals surface area (Å²) in [6.45, 7) is 0. The van der Waals surface area contributed by atoms with Crippen LogP contribution < -0.4 is 21.3 Å². The zero-order valence-corrected chi connectivity index (χ0v) is 11.5. The van der Waals surface area contributed by atoms with Gasteiger partial charge >= 0.3 is 0 Å². The van der Waals surface area contributed by atoms with Crippen LogP contribution >= 0.6 is 23.2 Å². The maximum Gasteiger partial charge on any atom is 0.205 e. The summed E-state index contributed by atoms with van der Waals surface area (Å²) in [6.07, 6.45) is 1.36. The first-order chi connectivity index (χ1) is 9.15. The molecule has 0 aliphatic carbocycles. The summed E-state index contributed by atoms with van der Waals surface area (Å²) in [6, 6.07) is 5.13. The van der Waals surface area contributed by atoms with Crippen LogP contribution in [0.2, 0.25) is 10.0 Å². The number of hydrogen-bond acceptors (Lipinski definition) is 6. The summed E-state index contributed by atoms with van der Waals surface area (Å²) in [4.78, 5) is 8.03. The van der Waals surface area contributed by atoms with Crippen molar-refractivity contribution in [1.82, 2.24) is 9.97 Å². The van der Waals surface area contributed by atoms with Crippen LogP contribution in [0.15, 0.2) is 24.5 Å². The number of anilines is 3. The van der Waals surface area contributed by atoms with E-state index in [2.05, 4.69) is 20.7 Å². The Labute approximate surface area is 119 Å². The molecule has 0 aliphatic rings. The number of ether oxygens (including phenoxy) is 1. The zero-order chi connectivity index (χ0) is 13.8. The van der Waals surface area contributed by atoms with Gasteiger partial charge in [-0.25, -0.2) is 15.8 Å². The van der Waals surface area contributed by atoms with E-state index in [-0.39, 0.29) is 0 Å². The number of hydrogen-bond donors (Lipinski definition) is 3. The number of methoxy groups -OCH3 is 1. The molecule has 0 unspecified atom stereocenters. The quantitative estimate of drug-likeness (QED) is 0.594. The number of nitrogens with two attached hydrogens (primary N) is 1. The Morgan fingerprint density at radius 1 is 1.16 bits per heavy atom. The Bertz CT molecular complexity index is 593. The highest BCUT2D eigenvalue weighted by atomic mass is 35.5. The van der Waals surface area contributed by atoms with Gasteiger partial charge < -0.3 is 15.5 Å². The molecule has 0 saturated heterocycles. The minimum Gasteiger partial charge on any atom is -0.490 e. The number of aromatic nitrogens is 2. The molecule has 1 heterocycles. The van der Waals surface area contributed by atoms with Gasteiger partial charge in [0, 0.05) is 5.69 Å². The van der Waals surface area contributed by atoms with Gasteiger partial charge in [-0.1, -0.05) is 23.2 Å². The van der Waals surface area contributed by atoms with Crippen molar-refractivity contribution in [3.05, 3.63) is 34.6 Å². The van der Waals surface area contributed by atoms with Gasteiger partial charge in [-0.05, 0) is 18.2 Å². The Kier molecular flexibility index (Phi) is 4.26. The van der Waals surface area contributed by atoms with Crippen molar-refractivity contribution in [3.63, 3.8) is 0 Å². The first kappa shape index (κ1) is 13.7. The van der Waals surface area contributed by atoms with Crippen molar-refractivity contribution in [3.8, 4) is 5.75 Å². The van der Waals surface area contributed by atoms with E-state index in [9.17, 15) is 0 Å². The minimum absolute atomic E-state index is 0.375. The molecular formula is C11H11Cl2N5O. The van der Waals surface area contributed by atoms with Crippen LogP contribution in [0.25, 0.3) is 0 Å². The molecule has 0 saturated carbocycles. The standard InChI is InChI=1S/C11H11Cl2N5O/c1-19-9-10(15-5-16-11(9)18-14)17-6-2-3-7(12)8(13)4-6/h2-5H,14H2,1H3,(H2,15,16,17,18). The number of rotatable bonds is 4. The lowest BCUT2D eigenvalue weighted by Crippen LogP contribution is -2.11. The fraction of sp³-hybridized carbons (Fsp3) is 0.0909. The second-order valence-electron chi connectivity index (χ2n) is 3.50. The molecule has 2 aromatic rings. The Morgan fingerprint density at radius 3 is 2.53 bits per heavy atom. The van der Waals surface area contributed by atoms with Crippen molar-refractivity contribution >= 4 is 40.5 Å². The second kappa shape index (κ2) is 5.92. The van der Waals surface area contributed by atoms with Gasteiger partial charge in [0.05, 0.1) is 17.2 Å². The molecule has 0 spiro atoms. The summed E-state index contributed by atoms with van der Waals surface area (Å²) in [5.41, 5.74) is 3.15. The molecule has 0 atom stereocenters. The number of hydrazine groups is 1. The number of nitrogens with one attached hydrogen (secondary N) is 2. The van der Waals surface area contributed by atoms with E-state index in [1.807, 2.05) is 0 Å². The molecule has 19 heavy (non-hydrogen) atoms. The third kappa shape index (κ3) is 2.98. The molecule has 100 valence electrons. The smallest absolute Gasteiger partial charge is 0.205 e. The SMILES string of the molecule is COc1c(NN)ncnc1Nc1ccc(Cl)c(Cl)c1. The second-order valence-corrected chi connectivity index (χ2v) is 4.32. The van der Waals surface area contributed by atoms with Gasteiger partial charge in [-0.3, -0.25) is 0 Å². The molecule has 8 heteroatoms. The molecule has 0 aliphatic heterocycles. The van der Waals surface area contributed by atoms with Crippen molar-refractivity contribution in [1.29, 1.82) is 0 Å². The number of nitrogens with zero attached hydrogens (tertiary/aromatic N) is 2. The fourth-order valence-corrected chi connectivity index (χ4v) is 1.77. The monoisotopic (exact) mass is 299 g/mol. The molecule has 4 N–H and O–H groups in total. The van der Waals surface area contributed by atoms with E-state index in [0.717, 1.165) is 5.69 Å². The summed E-state index contributed by atoms with van der Waals surface area (Å²) in [7, 11) is 1.50. The van der Waals surface area contributed by atoms with Crippen LogP contribution in [0.4, 0.5) is 17.3 Å². The third-order valence-electron chi connectivity index (χ3n) is 2.33. The molecule has 0 bridgehead atoms. The largest absolute Gasteiger partial charge is 0.490 e. The summed E-state index contributed by atoms with van der Waals surface area (Å²) in [5.74, 6) is 6.58. The molecule has 1 aromatic carbocycles. The molecule has 1 aromatic heterocycles. The summed E-state index contributed by atoms with van der Waals surface area (Å²) in [5, 5.41) is 3.97. The van der Waals surface area contributed by atoms with Crippen molar-refractivity contribution in [2.75, 3.05) is 17.9 Å².